The highest BCUT2D eigenvalue weighted by molar-refractivity contribution is 5.83. The lowest BCUT2D eigenvalue weighted by Gasteiger charge is -2.12. The van der Waals surface area contributed by atoms with Crippen molar-refractivity contribution >= 4 is 16.8 Å². The van der Waals surface area contributed by atoms with E-state index in [4.69, 9.17) is 0 Å². The lowest BCUT2D eigenvalue weighted by molar-refractivity contribution is -0.128. The lowest BCUT2D eigenvalue weighted by Crippen LogP contribution is -2.37. The van der Waals surface area contributed by atoms with Gasteiger partial charge >= 0.3 is 0 Å². The first kappa shape index (κ1) is 13.1. The van der Waals surface area contributed by atoms with Gasteiger partial charge < -0.3 is 10.2 Å². The number of para-hydroxylation sites is 1. The number of likely N-dealkylation sites (tertiary alicyclic amines) is 1. The van der Waals surface area contributed by atoms with Crippen molar-refractivity contribution in [3.05, 3.63) is 42.1 Å². The molecule has 1 saturated heterocycles. The van der Waals surface area contributed by atoms with Crippen molar-refractivity contribution in [2.75, 3.05) is 20.1 Å². The van der Waals surface area contributed by atoms with Crippen LogP contribution in [0, 0.1) is 0 Å². The number of aromatic nitrogens is 1. The van der Waals surface area contributed by atoms with Crippen molar-refractivity contribution in [1.82, 2.24) is 15.2 Å². The van der Waals surface area contributed by atoms with E-state index in [-0.39, 0.29) is 11.9 Å². The molecular formula is C16H19N3O. The quantitative estimate of drug-likeness (QED) is 0.917. The molecule has 1 aliphatic heterocycles. The fourth-order valence-electron chi connectivity index (χ4n) is 2.76. The number of nitrogens with one attached hydrogen (secondary N) is 1. The molecule has 4 nitrogen and oxygen atoms in total. The van der Waals surface area contributed by atoms with Crippen molar-refractivity contribution in [3.8, 4) is 0 Å². The molecule has 20 heavy (non-hydrogen) atoms. The van der Waals surface area contributed by atoms with Gasteiger partial charge in [0.15, 0.2) is 0 Å². The zero-order chi connectivity index (χ0) is 13.9. The van der Waals surface area contributed by atoms with Gasteiger partial charge in [0.25, 0.3) is 0 Å². The monoisotopic (exact) mass is 269 g/mol. The van der Waals surface area contributed by atoms with Gasteiger partial charge in [-0.2, -0.15) is 0 Å². The maximum Gasteiger partial charge on any atom is 0.239 e. The van der Waals surface area contributed by atoms with Crippen LogP contribution in [-0.4, -0.2) is 42.0 Å². The fourth-order valence-corrected chi connectivity index (χ4v) is 2.76. The van der Waals surface area contributed by atoms with Crippen LogP contribution in [0.1, 0.15) is 12.0 Å². The summed E-state index contributed by atoms with van der Waals surface area (Å²) in [5.41, 5.74) is 2.29. The molecule has 0 bridgehead atoms. The maximum absolute atomic E-state index is 11.8. The number of pyridine rings is 1. The van der Waals surface area contributed by atoms with E-state index in [1.807, 2.05) is 19.3 Å². The van der Waals surface area contributed by atoms with Gasteiger partial charge in [-0.05, 0) is 31.0 Å². The molecule has 0 radical (unpaired) electrons. The molecule has 1 N–H and O–H groups in total. The Balaban J connectivity index is 1.64. The Morgan fingerprint density at radius 3 is 3.00 bits per heavy atom. The molecule has 0 saturated carbocycles. The van der Waals surface area contributed by atoms with Gasteiger partial charge in [-0.15, -0.1) is 0 Å². The fraction of sp³-hybridized carbons (Fsp3) is 0.375. The number of carbonyl (C=O) groups excluding carboxylic acids is 1. The number of amides is 1. The third kappa shape index (κ3) is 2.51. The zero-order valence-electron chi connectivity index (χ0n) is 11.7. The van der Waals surface area contributed by atoms with Crippen LogP contribution in [0.2, 0.25) is 0 Å². The van der Waals surface area contributed by atoms with E-state index < -0.39 is 0 Å². The summed E-state index contributed by atoms with van der Waals surface area (Å²) >= 11 is 0. The smallest absolute Gasteiger partial charge is 0.239 e. The summed E-state index contributed by atoms with van der Waals surface area (Å²) < 4.78 is 0. The first-order chi connectivity index (χ1) is 9.75. The van der Waals surface area contributed by atoms with Crippen LogP contribution in [0.3, 0.4) is 0 Å². The third-order valence-electron chi connectivity index (χ3n) is 3.93. The first-order valence-electron chi connectivity index (χ1n) is 7.07. The molecule has 2 heterocycles. The summed E-state index contributed by atoms with van der Waals surface area (Å²) in [4.78, 5) is 18.1. The summed E-state index contributed by atoms with van der Waals surface area (Å²) in [6, 6.07) is 10.3. The second-order valence-electron chi connectivity index (χ2n) is 5.30. The number of fused-ring (bicyclic) bond motifs is 1. The minimum atomic E-state index is -0.0112. The second kappa shape index (κ2) is 5.59. The van der Waals surface area contributed by atoms with E-state index in [1.165, 1.54) is 10.9 Å². The normalized spacial score (nSPS) is 18.9. The van der Waals surface area contributed by atoms with Crippen LogP contribution in [0.5, 0.6) is 0 Å². The van der Waals surface area contributed by atoms with Crippen molar-refractivity contribution < 1.29 is 4.79 Å². The van der Waals surface area contributed by atoms with Crippen LogP contribution in [0.4, 0.5) is 0 Å². The van der Waals surface area contributed by atoms with E-state index in [0.29, 0.717) is 0 Å². The number of carbonyl (C=O) groups is 1. The topological polar surface area (TPSA) is 45.2 Å². The Hall–Kier alpha value is -1.94. The Morgan fingerprint density at radius 1 is 1.35 bits per heavy atom. The average Bonchev–Trinajstić information content (AvgIpc) is 2.79. The number of nitrogens with zero attached hydrogens (tertiary/aromatic N) is 2. The summed E-state index contributed by atoms with van der Waals surface area (Å²) in [7, 11) is 1.86. The molecule has 1 aromatic carbocycles. The highest BCUT2D eigenvalue weighted by atomic mass is 16.2. The van der Waals surface area contributed by atoms with Gasteiger partial charge in [-0.1, -0.05) is 24.3 Å². The van der Waals surface area contributed by atoms with Gasteiger partial charge in [-0.3, -0.25) is 9.78 Å². The molecule has 3 rings (SSSR count). The molecular weight excluding hydrogens is 250 g/mol. The maximum atomic E-state index is 11.8. The number of rotatable bonds is 4. The average molecular weight is 269 g/mol. The summed E-state index contributed by atoms with van der Waals surface area (Å²) in [5, 5.41) is 4.52. The van der Waals surface area contributed by atoms with E-state index in [2.05, 4.69) is 34.6 Å². The highest BCUT2D eigenvalue weighted by Crippen LogP contribution is 2.16. The second-order valence-corrected chi connectivity index (χ2v) is 5.30. The van der Waals surface area contributed by atoms with E-state index >= 15 is 0 Å². The predicted molar refractivity (Wildman–Crippen MR) is 79.5 cm³/mol. The van der Waals surface area contributed by atoms with Crippen molar-refractivity contribution in [2.45, 2.75) is 18.9 Å². The molecule has 1 fully saturated rings. The highest BCUT2D eigenvalue weighted by Gasteiger charge is 2.27. The summed E-state index contributed by atoms with van der Waals surface area (Å²) in [5.74, 6) is 0.209. The number of hydrogen-bond acceptors (Lipinski definition) is 3. The lowest BCUT2D eigenvalue weighted by atomic mass is 10.1. The number of benzene rings is 1. The van der Waals surface area contributed by atoms with E-state index in [0.717, 1.165) is 31.4 Å². The Kier molecular flexibility index (Phi) is 3.65. The minimum Gasteiger partial charge on any atom is -0.344 e. The molecule has 4 heteroatoms. The van der Waals surface area contributed by atoms with Crippen molar-refractivity contribution in [2.24, 2.45) is 0 Å². The van der Waals surface area contributed by atoms with Crippen molar-refractivity contribution in [3.63, 3.8) is 0 Å². The van der Waals surface area contributed by atoms with E-state index in [9.17, 15) is 4.79 Å². The Bertz CT molecular complexity index is 621. The molecule has 2 aromatic rings. The SMILES string of the molecule is CN1CCC(NCCc2cccc3cccnc23)C1=O. The van der Waals surface area contributed by atoms with Gasteiger partial charge in [0.2, 0.25) is 5.91 Å². The van der Waals surface area contributed by atoms with Crippen LogP contribution in [-0.2, 0) is 11.2 Å². The Morgan fingerprint density at radius 2 is 2.20 bits per heavy atom. The summed E-state index contributed by atoms with van der Waals surface area (Å²) in [6.07, 6.45) is 3.62. The molecule has 104 valence electrons. The Labute approximate surface area is 118 Å². The van der Waals surface area contributed by atoms with Gasteiger partial charge in [0, 0.05) is 25.2 Å². The molecule has 1 unspecified atom stereocenters. The minimum absolute atomic E-state index is 0.0112. The van der Waals surface area contributed by atoms with Crippen molar-refractivity contribution in [1.29, 1.82) is 0 Å². The standard InChI is InChI=1S/C16H19N3O/c1-19-11-8-14(16(19)20)17-10-7-13-5-2-4-12-6-3-9-18-15(12)13/h2-6,9,14,17H,7-8,10-11H2,1H3. The molecule has 1 aliphatic rings. The molecule has 1 atom stereocenters. The molecule has 1 amide bonds. The van der Waals surface area contributed by atoms with Crippen LogP contribution < -0.4 is 5.32 Å². The molecule has 1 aromatic heterocycles. The molecule has 0 aliphatic carbocycles. The molecule has 0 spiro atoms. The van der Waals surface area contributed by atoms with Gasteiger partial charge in [0.05, 0.1) is 11.6 Å². The van der Waals surface area contributed by atoms with E-state index in [1.54, 1.807) is 4.90 Å². The number of hydrogen-bond donors (Lipinski definition) is 1. The summed E-state index contributed by atoms with van der Waals surface area (Å²) in [6.45, 7) is 1.66. The van der Waals surface area contributed by atoms with Crippen LogP contribution in [0.25, 0.3) is 10.9 Å². The third-order valence-corrected chi connectivity index (χ3v) is 3.93. The first-order valence-corrected chi connectivity index (χ1v) is 7.07. The zero-order valence-corrected chi connectivity index (χ0v) is 11.7. The van der Waals surface area contributed by atoms with Crippen LogP contribution >= 0.6 is 0 Å². The predicted octanol–water partition coefficient (Wildman–Crippen LogP) is 1.60. The van der Waals surface area contributed by atoms with Gasteiger partial charge in [0.1, 0.15) is 0 Å². The number of likely N-dealkylation sites (N-methyl/N-ethyl adjacent to an activating group) is 1. The van der Waals surface area contributed by atoms with Gasteiger partial charge in [-0.25, -0.2) is 0 Å². The van der Waals surface area contributed by atoms with Crippen LogP contribution in [0.15, 0.2) is 36.5 Å². The largest absolute Gasteiger partial charge is 0.344 e.